The number of carbonyl (C=O) groups is 1. The summed E-state index contributed by atoms with van der Waals surface area (Å²) in [6, 6.07) is 15.1. The number of nitrogens with one attached hydrogen (secondary N) is 1. The van der Waals surface area contributed by atoms with Crippen molar-refractivity contribution in [2.45, 2.75) is 25.3 Å². The van der Waals surface area contributed by atoms with Gasteiger partial charge in [-0.25, -0.2) is 13.4 Å². The minimum absolute atomic E-state index is 0.00652. The van der Waals surface area contributed by atoms with Gasteiger partial charge in [-0.05, 0) is 60.2 Å². The Labute approximate surface area is 187 Å². The number of nitrogens with zero attached hydrogens (tertiary/aromatic N) is 1. The van der Waals surface area contributed by atoms with Gasteiger partial charge in [0.05, 0.1) is 35.4 Å². The van der Waals surface area contributed by atoms with E-state index in [9.17, 15) is 13.2 Å². The maximum Gasteiger partial charge on any atom is 0.252 e. The molecule has 1 saturated heterocycles. The molecule has 6 nitrogen and oxygen atoms in total. The largest absolute Gasteiger partial charge is 0.497 e. The number of benzene rings is 2. The van der Waals surface area contributed by atoms with E-state index in [0.29, 0.717) is 12.0 Å². The highest BCUT2D eigenvalue weighted by Gasteiger charge is 2.32. The number of amides is 1. The Bertz CT molecular complexity index is 1340. The van der Waals surface area contributed by atoms with Crippen LogP contribution < -0.4 is 10.1 Å². The molecule has 2 aromatic carbocycles. The lowest BCUT2D eigenvalue weighted by molar-refractivity contribution is 0.0942. The van der Waals surface area contributed by atoms with E-state index in [1.54, 1.807) is 7.11 Å². The van der Waals surface area contributed by atoms with E-state index < -0.39 is 9.84 Å². The molecule has 2 aliphatic rings. The fraction of sp³-hybridized carbons (Fsp3) is 0.280. The highest BCUT2D eigenvalue weighted by Crippen LogP contribution is 2.37. The summed E-state index contributed by atoms with van der Waals surface area (Å²) in [7, 11) is -1.43. The Morgan fingerprint density at radius 3 is 2.62 bits per heavy atom. The zero-order valence-corrected chi connectivity index (χ0v) is 18.6. The molecule has 1 aromatic heterocycles. The van der Waals surface area contributed by atoms with Crippen molar-refractivity contribution >= 4 is 38.3 Å². The Kier molecular flexibility index (Phi) is 5.21. The lowest BCUT2D eigenvalue weighted by Crippen LogP contribution is -2.36. The van der Waals surface area contributed by atoms with Crippen molar-refractivity contribution in [3.05, 3.63) is 70.9 Å². The molecular weight excluding hydrogens is 424 g/mol. The lowest BCUT2D eigenvalue weighted by Gasteiger charge is -2.15. The number of aromatic nitrogens is 1. The molecule has 32 heavy (non-hydrogen) atoms. The summed E-state index contributed by atoms with van der Waals surface area (Å²) in [6.45, 7) is 0. The molecule has 0 spiro atoms. The summed E-state index contributed by atoms with van der Waals surface area (Å²) >= 11 is 0. The minimum atomic E-state index is -3.07. The summed E-state index contributed by atoms with van der Waals surface area (Å²) < 4.78 is 28.9. The zero-order chi connectivity index (χ0) is 22.3. The van der Waals surface area contributed by atoms with Crippen molar-refractivity contribution in [2.24, 2.45) is 0 Å². The first-order chi connectivity index (χ1) is 15.4. The molecule has 2 heterocycles. The molecule has 1 aliphatic carbocycles. The average Bonchev–Trinajstić information content (AvgIpc) is 3.34. The number of ether oxygens (including phenoxy) is 1. The van der Waals surface area contributed by atoms with Crippen LogP contribution in [0.3, 0.4) is 0 Å². The van der Waals surface area contributed by atoms with Gasteiger partial charge in [0.1, 0.15) is 5.75 Å². The van der Waals surface area contributed by atoms with Gasteiger partial charge < -0.3 is 10.1 Å². The van der Waals surface area contributed by atoms with Crippen molar-refractivity contribution in [2.75, 3.05) is 18.6 Å². The van der Waals surface area contributed by atoms with Crippen LogP contribution in [0.1, 0.15) is 40.0 Å². The summed E-state index contributed by atoms with van der Waals surface area (Å²) in [5.41, 5.74) is 5.30. The summed E-state index contributed by atoms with van der Waals surface area (Å²) in [4.78, 5) is 18.2. The first kappa shape index (κ1) is 20.7. The standard InChI is InChI=1S/C25H24N2O4S/c1-31-19-9-6-16(7-10-19)14-17-8-11-21-23(20-4-2-3-5-22(20)27-24(17)21)25(28)26-18-12-13-32(29,30)15-18/h2-7,9-10,14,18H,8,11-13,15H2,1H3,(H,26,28)/b17-14+. The predicted molar refractivity (Wildman–Crippen MR) is 125 cm³/mol. The number of pyridine rings is 1. The molecule has 5 rings (SSSR count). The molecule has 0 saturated carbocycles. The topological polar surface area (TPSA) is 85.4 Å². The number of hydrogen-bond acceptors (Lipinski definition) is 5. The zero-order valence-electron chi connectivity index (χ0n) is 17.8. The van der Waals surface area contributed by atoms with Crippen LogP contribution in [0.4, 0.5) is 0 Å². The molecule has 1 aliphatic heterocycles. The third kappa shape index (κ3) is 3.88. The van der Waals surface area contributed by atoms with Gasteiger partial charge in [0.2, 0.25) is 0 Å². The smallest absolute Gasteiger partial charge is 0.252 e. The van der Waals surface area contributed by atoms with Gasteiger partial charge in [0.25, 0.3) is 5.91 Å². The maximum absolute atomic E-state index is 13.4. The van der Waals surface area contributed by atoms with E-state index in [0.717, 1.165) is 51.9 Å². The molecular formula is C25H24N2O4S. The SMILES string of the molecule is COc1ccc(/C=C2\CCc3c2nc2ccccc2c3C(=O)NC2CCS(=O)(=O)C2)cc1. The van der Waals surface area contributed by atoms with E-state index in [-0.39, 0.29) is 23.5 Å². The fourth-order valence-electron chi connectivity index (χ4n) is 4.61. The lowest BCUT2D eigenvalue weighted by atomic mass is 9.99. The predicted octanol–water partition coefficient (Wildman–Crippen LogP) is 3.65. The normalized spacial score (nSPS) is 20.4. The van der Waals surface area contributed by atoms with Crippen molar-refractivity contribution in [3.63, 3.8) is 0 Å². The summed E-state index contributed by atoms with van der Waals surface area (Å²) in [5.74, 6) is 0.720. The van der Waals surface area contributed by atoms with E-state index in [1.165, 1.54) is 0 Å². The van der Waals surface area contributed by atoms with Crippen LogP contribution in [-0.2, 0) is 16.3 Å². The van der Waals surface area contributed by atoms with E-state index in [2.05, 4.69) is 11.4 Å². The minimum Gasteiger partial charge on any atom is -0.497 e. The summed E-state index contributed by atoms with van der Waals surface area (Å²) in [6.07, 6.45) is 4.09. The molecule has 1 atom stereocenters. The number of fused-ring (bicyclic) bond motifs is 2. The van der Waals surface area contributed by atoms with Gasteiger partial charge in [-0.1, -0.05) is 30.3 Å². The monoisotopic (exact) mass is 448 g/mol. The van der Waals surface area contributed by atoms with Crippen LogP contribution in [0.2, 0.25) is 0 Å². The Morgan fingerprint density at radius 1 is 1.12 bits per heavy atom. The van der Waals surface area contributed by atoms with Crippen LogP contribution in [-0.4, -0.2) is 44.0 Å². The number of sulfone groups is 1. The Hall–Kier alpha value is -3.19. The average molecular weight is 449 g/mol. The molecule has 3 aromatic rings. The van der Waals surface area contributed by atoms with Crippen molar-refractivity contribution < 1.29 is 17.9 Å². The second-order valence-corrected chi connectivity index (χ2v) is 10.6. The second-order valence-electron chi connectivity index (χ2n) is 8.35. The second kappa shape index (κ2) is 8.06. The van der Waals surface area contributed by atoms with Crippen LogP contribution in [0.25, 0.3) is 22.6 Å². The van der Waals surface area contributed by atoms with Crippen LogP contribution in [0.5, 0.6) is 5.75 Å². The molecule has 0 radical (unpaired) electrons. The number of carbonyl (C=O) groups excluding carboxylic acids is 1. The van der Waals surface area contributed by atoms with Gasteiger partial charge in [0.15, 0.2) is 9.84 Å². The number of rotatable bonds is 4. The van der Waals surface area contributed by atoms with Crippen molar-refractivity contribution in [3.8, 4) is 5.75 Å². The van der Waals surface area contributed by atoms with Crippen LogP contribution >= 0.6 is 0 Å². The van der Waals surface area contributed by atoms with Crippen LogP contribution in [0.15, 0.2) is 48.5 Å². The number of hydrogen-bond donors (Lipinski definition) is 1. The van der Waals surface area contributed by atoms with Gasteiger partial charge in [-0.2, -0.15) is 0 Å². The number of methoxy groups -OCH3 is 1. The molecule has 164 valence electrons. The van der Waals surface area contributed by atoms with Gasteiger partial charge >= 0.3 is 0 Å². The van der Waals surface area contributed by atoms with Crippen molar-refractivity contribution in [1.29, 1.82) is 0 Å². The molecule has 1 fully saturated rings. The van der Waals surface area contributed by atoms with Gasteiger partial charge in [-0.3, -0.25) is 4.79 Å². The Morgan fingerprint density at radius 2 is 1.91 bits per heavy atom. The molecule has 1 N–H and O–H groups in total. The van der Waals surface area contributed by atoms with Gasteiger partial charge in [-0.15, -0.1) is 0 Å². The van der Waals surface area contributed by atoms with E-state index >= 15 is 0 Å². The first-order valence-electron chi connectivity index (χ1n) is 10.7. The number of para-hydroxylation sites is 1. The third-order valence-corrected chi connectivity index (χ3v) is 7.96. The summed E-state index contributed by atoms with van der Waals surface area (Å²) in [5, 5.41) is 3.77. The molecule has 1 amide bonds. The molecule has 0 bridgehead atoms. The fourth-order valence-corrected chi connectivity index (χ4v) is 6.28. The van der Waals surface area contributed by atoms with Crippen molar-refractivity contribution in [1.82, 2.24) is 10.3 Å². The van der Waals surface area contributed by atoms with Gasteiger partial charge in [0, 0.05) is 11.4 Å². The Balaban J connectivity index is 1.55. The van der Waals surface area contributed by atoms with Crippen LogP contribution in [0, 0.1) is 0 Å². The maximum atomic E-state index is 13.4. The van der Waals surface area contributed by atoms with E-state index in [1.807, 2.05) is 48.5 Å². The first-order valence-corrected chi connectivity index (χ1v) is 12.5. The highest BCUT2D eigenvalue weighted by molar-refractivity contribution is 7.91. The molecule has 1 unspecified atom stereocenters. The molecule has 7 heteroatoms. The highest BCUT2D eigenvalue weighted by atomic mass is 32.2. The quantitative estimate of drug-likeness (QED) is 0.659. The number of allylic oxidation sites excluding steroid dienone is 1. The van der Waals surface area contributed by atoms with E-state index in [4.69, 9.17) is 9.72 Å². The third-order valence-electron chi connectivity index (χ3n) is 6.19.